The van der Waals surface area contributed by atoms with Crippen LogP contribution < -0.4 is 4.90 Å². The molecule has 6 heteroatoms. The molecule has 0 aromatic heterocycles. The molecule has 0 radical (unpaired) electrons. The van der Waals surface area contributed by atoms with Gasteiger partial charge in [-0.05, 0) is 61.2 Å². The molecule has 0 unspecified atom stereocenters. The zero-order valence-electron chi connectivity index (χ0n) is 14.9. The Morgan fingerprint density at radius 1 is 0.962 bits per heavy atom. The molecule has 0 fully saturated rings. The van der Waals surface area contributed by atoms with E-state index in [1.165, 1.54) is 24.0 Å². The van der Waals surface area contributed by atoms with Crippen molar-refractivity contribution >= 4 is 17.4 Å². The molecule has 2 rings (SSSR count). The van der Waals surface area contributed by atoms with Gasteiger partial charge < -0.3 is 4.90 Å². The second kappa shape index (κ2) is 7.72. The highest BCUT2D eigenvalue weighted by molar-refractivity contribution is 6.40. The first kappa shape index (κ1) is 19.7. The van der Waals surface area contributed by atoms with Crippen LogP contribution in [-0.2, 0) is 22.2 Å². The predicted octanol–water partition coefficient (Wildman–Crippen LogP) is 4.49. The summed E-state index contributed by atoms with van der Waals surface area (Å²) in [5, 5.41) is 0. The lowest BCUT2D eigenvalue weighted by Gasteiger charge is -2.22. The Labute approximate surface area is 150 Å². The smallest absolute Gasteiger partial charge is 0.306 e. The fraction of sp³-hybridized carbons (Fsp3) is 0.300. The van der Waals surface area contributed by atoms with Crippen molar-refractivity contribution in [3.8, 4) is 0 Å². The van der Waals surface area contributed by atoms with Crippen molar-refractivity contribution in [2.24, 2.45) is 0 Å². The third kappa shape index (κ3) is 4.71. The van der Waals surface area contributed by atoms with Crippen LogP contribution in [0.15, 0.2) is 42.5 Å². The topological polar surface area (TPSA) is 37.4 Å². The minimum absolute atomic E-state index is 0.201. The third-order valence-electron chi connectivity index (χ3n) is 4.25. The maximum atomic E-state index is 12.6. The average molecular weight is 363 g/mol. The molecule has 3 nitrogen and oxygen atoms in total. The van der Waals surface area contributed by atoms with Crippen molar-refractivity contribution in [3.05, 3.63) is 64.7 Å². The van der Waals surface area contributed by atoms with Crippen LogP contribution in [0.1, 0.15) is 29.2 Å². The van der Waals surface area contributed by atoms with E-state index in [1.807, 2.05) is 26.0 Å². The van der Waals surface area contributed by atoms with Crippen molar-refractivity contribution < 1.29 is 22.8 Å². The first-order valence-electron chi connectivity index (χ1n) is 8.15. The molecule has 0 atom stereocenters. The standard InChI is InChI=1S/C20H20F3NO2/c1-13-4-9-18(12-14(13)2)24(19(26)15(3)25)11-10-16-5-7-17(8-6-16)20(21,22)23/h4-9,12H,10-11H2,1-3H3. The van der Waals surface area contributed by atoms with Crippen LogP contribution in [0.4, 0.5) is 18.9 Å². The molecule has 138 valence electrons. The Bertz CT molecular complexity index is 811. The number of halogens is 3. The molecule has 0 spiro atoms. The van der Waals surface area contributed by atoms with Gasteiger partial charge in [0.1, 0.15) is 0 Å². The van der Waals surface area contributed by atoms with Crippen molar-refractivity contribution in [1.82, 2.24) is 0 Å². The van der Waals surface area contributed by atoms with Gasteiger partial charge in [0.05, 0.1) is 5.56 Å². The summed E-state index contributed by atoms with van der Waals surface area (Å²) in [5.74, 6) is -1.23. The molecule has 1 amide bonds. The number of hydrogen-bond donors (Lipinski definition) is 0. The molecule has 26 heavy (non-hydrogen) atoms. The summed E-state index contributed by atoms with van der Waals surface area (Å²) < 4.78 is 37.9. The number of carbonyl (C=O) groups excluding carboxylic acids is 2. The van der Waals surface area contributed by atoms with Crippen molar-refractivity contribution in [1.29, 1.82) is 0 Å². The van der Waals surface area contributed by atoms with Crippen LogP contribution in [0.25, 0.3) is 0 Å². The van der Waals surface area contributed by atoms with Gasteiger partial charge >= 0.3 is 6.18 Å². The number of nitrogens with zero attached hydrogens (tertiary/aromatic N) is 1. The van der Waals surface area contributed by atoms with Gasteiger partial charge in [-0.25, -0.2) is 0 Å². The van der Waals surface area contributed by atoms with Crippen LogP contribution in [0.3, 0.4) is 0 Å². The minimum atomic E-state index is -4.38. The number of Topliss-reactive ketones (excluding diaryl/α,β-unsaturated/α-hetero) is 1. The van der Waals surface area contributed by atoms with E-state index in [1.54, 1.807) is 6.07 Å². The lowest BCUT2D eigenvalue weighted by Crippen LogP contribution is -2.37. The van der Waals surface area contributed by atoms with Crippen LogP contribution in [0, 0.1) is 13.8 Å². The molecule has 0 N–H and O–H groups in total. The summed E-state index contributed by atoms with van der Waals surface area (Å²) in [6, 6.07) is 10.3. The van der Waals surface area contributed by atoms with E-state index in [2.05, 4.69) is 0 Å². The Hall–Kier alpha value is -2.63. The van der Waals surface area contributed by atoms with Crippen molar-refractivity contribution in [2.45, 2.75) is 33.4 Å². The summed E-state index contributed by atoms with van der Waals surface area (Å²) in [5.41, 5.74) is 2.58. The summed E-state index contributed by atoms with van der Waals surface area (Å²) in [7, 11) is 0. The Balaban J connectivity index is 2.21. The average Bonchev–Trinajstić information content (AvgIpc) is 2.57. The number of hydrogen-bond acceptors (Lipinski definition) is 2. The minimum Gasteiger partial charge on any atom is -0.306 e. The molecular weight excluding hydrogens is 343 g/mol. The maximum absolute atomic E-state index is 12.6. The highest BCUT2D eigenvalue weighted by atomic mass is 19.4. The largest absolute Gasteiger partial charge is 0.416 e. The summed E-state index contributed by atoms with van der Waals surface area (Å²) >= 11 is 0. The van der Waals surface area contributed by atoms with Gasteiger partial charge in [-0.1, -0.05) is 18.2 Å². The van der Waals surface area contributed by atoms with Crippen molar-refractivity contribution in [2.75, 3.05) is 11.4 Å². The Morgan fingerprint density at radius 3 is 2.08 bits per heavy atom. The number of anilines is 1. The van der Waals surface area contributed by atoms with Gasteiger partial charge in [0.15, 0.2) is 0 Å². The van der Waals surface area contributed by atoms with Crippen molar-refractivity contribution in [3.63, 3.8) is 0 Å². The summed E-state index contributed by atoms with van der Waals surface area (Å²) in [4.78, 5) is 25.2. The second-order valence-corrected chi connectivity index (χ2v) is 6.23. The van der Waals surface area contributed by atoms with E-state index in [9.17, 15) is 22.8 Å². The quantitative estimate of drug-likeness (QED) is 0.734. The Morgan fingerprint density at radius 2 is 1.58 bits per heavy atom. The predicted molar refractivity (Wildman–Crippen MR) is 94.1 cm³/mol. The lowest BCUT2D eigenvalue weighted by atomic mass is 10.1. The van der Waals surface area contributed by atoms with Crippen LogP contribution >= 0.6 is 0 Å². The Kier molecular flexibility index (Phi) is 5.85. The fourth-order valence-electron chi connectivity index (χ4n) is 2.53. The first-order chi connectivity index (χ1) is 12.1. The number of amides is 1. The highest BCUT2D eigenvalue weighted by Gasteiger charge is 2.30. The molecular formula is C20H20F3NO2. The van der Waals surface area contributed by atoms with Gasteiger partial charge in [0, 0.05) is 19.2 Å². The van der Waals surface area contributed by atoms with Gasteiger partial charge in [0.2, 0.25) is 5.78 Å². The molecule has 0 bridgehead atoms. The molecule has 0 aliphatic rings. The number of carbonyl (C=O) groups is 2. The normalized spacial score (nSPS) is 11.3. The molecule has 0 aliphatic heterocycles. The molecule has 2 aromatic carbocycles. The van der Waals surface area contributed by atoms with Crippen LogP contribution in [0.5, 0.6) is 0 Å². The zero-order valence-corrected chi connectivity index (χ0v) is 14.9. The second-order valence-electron chi connectivity index (χ2n) is 6.23. The van der Waals surface area contributed by atoms with Gasteiger partial charge in [-0.2, -0.15) is 13.2 Å². The monoisotopic (exact) mass is 363 g/mol. The number of rotatable bonds is 5. The van der Waals surface area contributed by atoms with E-state index >= 15 is 0 Å². The number of benzene rings is 2. The SMILES string of the molecule is CC(=O)C(=O)N(CCc1ccc(C(F)(F)F)cc1)c1ccc(C)c(C)c1. The van der Waals surface area contributed by atoms with E-state index in [4.69, 9.17) is 0 Å². The molecule has 0 saturated heterocycles. The molecule has 2 aromatic rings. The van der Waals surface area contributed by atoms with E-state index in [0.717, 1.165) is 23.3 Å². The number of aryl methyl sites for hydroxylation is 2. The molecule has 0 aliphatic carbocycles. The van der Waals surface area contributed by atoms with E-state index in [0.29, 0.717) is 17.7 Å². The van der Waals surface area contributed by atoms with Gasteiger partial charge in [0.25, 0.3) is 5.91 Å². The van der Waals surface area contributed by atoms with Gasteiger partial charge in [-0.15, -0.1) is 0 Å². The maximum Gasteiger partial charge on any atom is 0.416 e. The first-order valence-corrected chi connectivity index (χ1v) is 8.15. The van der Waals surface area contributed by atoms with Gasteiger partial charge in [-0.3, -0.25) is 9.59 Å². The molecule has 0 heterocycles. The zero-order chi connectivity index (χ0) is 19.5. The number of ketones is 1. The number of alkyl halides is 3. The van der Waals surface area contributed by atoms with E-state index < -0.39 is 23.4 Å². The van der Waals surface area contributed by atoms with Crippen LogP contribution in [-0.4, -0.2) is 18.2 Å². The lowest BCUT2D eigenvalue weighted by molar-refractivity contribution is -0.137. The highest BCUT2D eigenvalue weighted by Crippen LogP contribution is 2.29. The summed E-state index contributed by atoms with van der Waals surface area (Å²) in [6.45, 7) is 5.25. The molecule has 0 saturated carbocycles. The third-order valence-corrected chi connectivity index (χ3v) is 4.25. The van der Waals surface area contributed by atoms with Crippen LogP contribution in [0.2, 0.25) is 0 Å². The summed E-state index contributed by atoms with van der Waals surface area (Å²) in [6.07, 6.45) is -4.04. The fourth-order valence-corrected chi connectivity index (χ4v) is 2.53. The van der Waals surface area contributed by atoms with E-state index in [-0.39, 0.29) is 6.54 Å².